The molecule has 188 valence electrons. The van der Waals surface area contributed by atoms with E-state index in [2.05, 4.69) is 10.6 Å². The van der Waals surface area contributed by atoms with Gasteiger partial charge in [0.2, 0.25) is 5.91 Å². The lowest BCUT2D eigenvalue weighted by molar-refractivity contribution is -0.162. The molecule has 0 aliphatic heterocycles. The van der Waals surface area contributed by atoms with Gasteiger partial charge in [0, 0.05) is 17.7 Å². The first-order valence-electron chi connectivity index (χ1n) is 11.9. The summed E-state index contributed by atoms with van der Waals surface area (Å²) in [5.74, 6) is -1.02. The van der Waals surface area contributed by atoms with Gasteiger partial charge in [-0.1, -0.05) is 75.4 Å². The Labute approximate surface area is 208 Å². The van der Waals surface area contributed by atoms with Gasteiger partial charge in [-0.05, 0) is 57.9 Å². The van der Waals surface area contributed by atoms with Crippen LogP contribution >= 0.6 is 0 Å². The number of hydrogen-bond donors (Lipinski definition) is 2. The number of carbonyl (C=O) groups is 2. The number of nitrogens with one attached hydrogen (secondary N) is 2. The summed E-state index contributed by atoms with van der Waals surface area (Å²) in [5, 5.41) is 6.51. The maximum atomic E-state index is 13.8. The molecule has 0 aromatic heterocycles. The molecule has 7 heteroatoms. The molecule has 36 heavy (non-hydrogen) atoms. The highest BCUT2D eigenvalue weighted by atomic mass is 19.4. The van der Waals surface area contributed by atoms with Gasteiger partial charge < -0.3 is 10.6 Å². The van der Waals surface area contributed by atoms with Crippen molar-refractivity contribution >= 4 is 28.7 Å². The molecule has 1 unspecified atom stereocenters. The van der Waals surface area contributed by atoms with Crippen molar-refractivity contribution in [1.82, 2.24) is 10.6 Å². The minimum atomic E-state index is -4.66. The van der Waals surface area contributed by atoms with Crippen LogP contribution in [0.25, 0.3) is 16.8 Å². The first-order chi connectivity index (χ1) is 16.9. The lowest BCUT2D eigenvalue weighted by Crippen LogP contribution is -2.37. The van der Waals surface area contributed by atoms with Crippen LogP contribution in [-0.4, -0.2) is 24.0 Å². The third-order valence-electron chi connectivity index (χ3n) is 6.25. The second-order valence-corrected chi connectivity index (χ2v) is 10.2. The Morgan fingerprint density at radius 3 is 2.14 bits per heavy atom. The molecule has 2 amide bonds. The molecule has 1 atom stereocenters. The lowest BCUT2D eigenvalue weighted by atomic mass is 9.86. The van der Waals surface area contributed by atoms with Crippen molar-refractivity contribution in [2.24, 2.45) is 0 Å². The van der Waals surface area contributed by atoms with Gasteiger partial charge >= 0.3 is 6.18 Å². The molecule has 0 bridgehead atoms. The van der Waals surface area contributed by atoms with Gasteiger partial charge in [-0.3, -0.25) is 9.59 Å². The second-order valence-electron chi connectivity index (χ2n) is 10.2. The van der Waals surface area contributed by atoms with Crippen molar-refractivity contribution in [3.05, 3.63) is 89.0 Å². The molecule has 0 radical (unpaired) electrons. The van der Waals surface area contributed by atoms with Crippen LogP contribution in [0.15, 0.2) is 66.7 Å². The van der Waals surface area contributed by atoms with Gasteiger partial charge in [0.15, 0.2) is 6.04 Å². The zero-order valence-corrected chi connectivity index (χ0v) is 20.4. The summed E-state index contributed by atoms with van der Waals surface area (Å²) in [6.45, 7) is 5.93. The molecular weight excluding hydrogens is 465 g/mol. The molecule has 0 spiro atoms. The van der Waals surface area contributed by atoms with E-state index in [0.717, 1.165) is 29.9 Å². The Bertz CT molecular complexity index is 1300. The SMILES string of the molecule is CC(C)(C)c1ccc(C(NC(=O)/C=C/c2ccc(C(=O)NC3CC3)c3ccccc23)C(F)(F)F)cc1. The molecule has 4 rings (SSSR count). The van der Waals surface area contributed by atoms with E-state index in [9.17, 15) is 22.8 Å². The molecule has 0 saturated heterocycles. The normalized spacial score (nSPS) is 15.2. The van der Waals surface area contributed by atoms with Crippen LogP contribution in [0.2, 0.25) is 0 Å². The predicted molar refractivity (Wildman–Crippen MR) is 136 cm³/mol. The monoisotopic (exact) mass is 494 g/mol. The number of alkyl halides is 3. The molecule has 0 heterocycles. The van der Waals surface area contributed by atoms with Crippen LogP contribution in [0, 0.1) is 0 Å². The first kappa shape index (κ1) is 25.5. The summed E-state index contributed by atoms with van der Waals surface area (Å²) in [5.41, 5.74) is 1.82. The van der Waals surface area contributed by atoms with Gasteiger partial charge in [-0.15, -0.1) is 0 Å². The Morgan fingerprint density at radius 1 is 0.917 bits per heavy atom. The van der Waals surface area contributed by atoms with Gasteiger partial charge in [0.25, 0.3) is 5.91 Å². The largest absolute Gasteiger partial charge is 0.412 e. The molecule has 3 aromatic rings. The fraction of sp³-hybridized carbons (Fsp3) is 0.310. The quantitative estimate of drug-likeness (QED) is 0.386. The summed E-state index contributed by atoms with van der Waals surface area (Å²) >= 11 is 0. The standard InChI is InChI=1S/C29H29F3N2O2/c1-28(2,3)20-12-8-19(9-13-20)26(29(30,31)32)34-25(35)17-11-18-10-16-24(27(36)33-21-14-15-21)23-7-5-4-6-22(18)23/h4-13,16-17,21,26H,14-15H2,1-3H3,(H,33,36)(H,34,35)/b17-11+. The van der Waals surface area contributed by atoms with Crippen LogP contribution < -0.4 is 10.6 Å². The predicted octanol–water partition coefficient (Wildman–Crippen LogP) is 6.46. The van der Waals surface area contributed by atoms with Crippen molar-refractivity contribution in [3.63, 3.8) is 0 Å². The number of amides is 2. The second kappa shape index (κ2) is 9.80. The van der Waals surface area contributed by atoms with Crippen LogP contribution in [0.4, 0.5) is 13.2 Å². The third kappa shape index (κ3) is 5.96. The minimum absolute atomic E-state index is 0.0336. The van der Waals surface area contributed by atoms with E-state index in [0.29, 0.717) is 16.5 Å². The van der Waals surface area contributed by atoms with E-state index in [1.54, 1.807) is 24.3 Å². The topological polar surface area (TPSA) is 58.2 Å². The zero-order valence-electron chi connectivity index (χ0n) is 20.4. The van der Waals surface area contributed by atoms with E-state index in [1.807, 2.05) is 45.0 Å². The average Bonchev–Trinajstić information content (AvgIpc) is 3.63. The fourth-order valence-corrected chi connectivity index (χ4v) is 4.04. The van der Waals surface area contributed by atoms with E-state index in [1.165, 1.54) is 18.2 Å². The number of halogens is 3. The summed E-state index contributed by atoms with van der Waals surface area (Å²) in [7, 11) is 0. The molecule has 4 nitrogen and oxygen atoms in total. The van der Waals surface area contributed by atoms with Gasteiger partial charge in [0.05, 0.1) is 0 Å². The molecule has 1 aliphatic carbocycles. The van der Waals surface area contributed by atoms with Crippen LogP contribution in [-0.2, 0) is 10.2 Å². The maximum absolute atomic E-state index is 13.8. The third-order valence-corrected chi connectivity index (χ3v) is 6.25. The van der Waals surface area contributed by atoms with Crippen molar-refractivity contribution in [2.45, 2.75) is 57.3 Å². The number of hydrogen-bond acceptors (Lipinski definition) is 2. The Kier molecular flexibility index (Phi) is 6.94. The number of carbonyl (C=O) groups excluding carboxylic acids is 2. The molecular formula is C29H29F3N2O2. The number of rotatable bonds is 6. The Balaban J connectivity index is 1.55. The van der Waals surface area contributed by atoms with Crippen molar-refractivity contribution in [3.8, 4) is 0 Å². The van der Waals surface area contributed by atoms with Gasteiger partial charge in [-0.2, -0.15) is 13.2 Å². The maximum Gasteiger partial charge on any atom is 0.412 e. The van der Waals surface area contributed by atoms with Crippen LogP contribution in [0.5, 0.6) is 0 Å². The van der Waals surface area contributed by atoms with Gasteiger partial charge in [-0.25, -0.2) is 0 Å². The van der Waals surface area contributed by atoms with Crippen molar-refractivity contribution in [1.29, 1.82) is 0 Å². The number of fused-ring (bicyclic) bond motifs is 1. The van der Waals surface area contributed by atoms with E-state index in [4.69, 9.17) is 0 Å². The Hall–Kier alpha value is -3.61. The highest BCUT2D eigenvalue weighted by molar-refractivity contribution is 6.09. The van der Waals surface area contributed by atoms with Gasteiger partial charge in [0.1, 0.15) is 0 Å². The highest BCUT2D eigenvalue weighted by Gasteiger charge is 2.41. The summed E-state index contributed by atoms with van der Waals surface area (Å²) in [6.07, 6.45) is -0.154. The Morgan fingerprint density at radius 2 is 1.56 bits per heavy atom. The fourth-order valence-electron chi connectivity index (χ4n) is 4.04. The van der Waals surface area contributed by atoms with Crippen LogP contribution in [0.1, 0.15) is 66.7 Å². The lowest BCUT2D eigenvalue weighted by Gasteiger charge is -2.23. The van der Waals surface area contributed by atoms with E-state index >= 15 is 0 Å². The summed E-state index contributed by atoms with van der Waals surface area (Å²) in [4.78, 5) is 25.2. The zero-order chi connectivity index (χ0) is 26.1. The minimum Gasteiger partial charge on any atom is -0.349 e. The number of benzene rings is 3. The highest BCUT2D eigenvalue weighted by Crippen LogP contribution is 2.34. The molecule has 1 aliphatic rings. The smallest absolute Gasteiger partial charge is 0.349 e. The van der Waals surface area contributed by atoms with Crippen molar-refractivity contribution in [2.75, 3.05) is 0 Å². The average molecular weight is 495 g/mol. The van der Waals surface area contributed by atoms with E-state index in [-0.39, 0.29) is 22.9 Å². The molecule has 1 fully saturated rings. The van der Waals surface area contributed by atoms with Crippen molar-refractivity contribution < 1.29 is 22.8 Å². The first-order valence-corrected chi connectivity index (χ1v) is 11.9. The molecule has 3 aromatic carbocycles. The summed E-state index contributed by atoms with van der Waals surface area (Å²) < 4.78 is 41.4. The molecule has 2 N–H and O–H groups in total. The molecule has 1 saturated carbocycles. The summed E-state index contributed by atoms with van der Waals surface area (Å²) in [6, 6.07) is 14.8. The van der Waals surface area contributed by atoms with Crippen LogP contribution in [0.3, 0.4) is 0 Å². The van der Waals surface area contributed by atoms with E-state index < -0.39 is 18.1 Å².